The molecule has 170 valence electrons. The molecule has 2 aromatic rings. The van der Waals surface area contributed by atoms with Crippen LogP contribution in [-0.4, -0.2) is 24.7 Å². The zero-order chi connectivity index (χ0) is 24.0. The summed E-state index contributed by atoms with van der Waals surface area (Å²) in [4.78, 5) is 25.3. The largest absolute Gasteiger partial charge is 0.466 e. The molecule has 0 aliphatic carbocycles. The number of benzene rings is 2. The number of carbonyl (C=O) groups is 2. The molecule has 0 fully saturated rings. The third-order valence-electron chi connectivity index (χ3n) is 5.29. The first-order valence-electron chi connectivity index (χ1n) is 10.4. The van der Waals surface area contributed by atoms with Crippen molar-refractivity contribution < 1.29 is 14.3 Å². The molecule has 33 heavy (non-hydrogen) atoms. The first kappa shape index (κ1) is 24.4. The molecule has 1 aliphatic rings. The van der Waals surface area contributed by atoms with Crippen LogP contribution in [0.2, 0.25) is 5.02 Å². The number of esters is 1. The van der Waals surface area contributed by atoms with Crippen LogP contribution in [0.25, 0.3) is 0 Å². The zero-order valence-corrected chi connectivity index (χ0v) is 20.1. The predicted octanol–water partition coefficient (Wildman–Crippen LogP) is 5.14. The monoisotopic (exact) mass is 481 g/mol. The minimum atomic E-state index is -0.705. The predicted molar refractivity (Wildman–Crippen MR) is 132 cm³/mol. The van der Waals surface area contributed by atoms with Crippen molar-refractivity contribution in [1.29, 1.82) is 5.26 Å². The number of thioether (sulfide) groups is 1. The Morgan fingerprint density at radius 3 is 2.58 bits per heavy atom. The molecule has 0 saturated heterocycles. The molecular weight excluding hydrogens is 458 g/mol. The van der Waals surface area contributed by atoms with E-state index in [4.69, 9.17) is 16.3 Å². The molecule has 2 aromatic carbocycles. The van der Waals surface area contributed by atoms with E-state index in [0.29, 0.717) is 32.5 Å². The summed E-state index contributed by atoms with van der Waals surface area (Å²) in [5, 5.41) is 17.0. The van der Waals surface area contributed by atoms with Crippen LogP contribution in [0.3, 0.4) is 0 Å². The van der Waals surface area contributed by atoms with Gasteiger partial charge >= 0.3 is 5.97 Å². The number of dihydropyridines is 1. The second kappa shape index (κ2) is 11.1. The van der Waals surface area contributed by atoms with Gasteiger partial charge in [0.1, 0.15) is 0 Å². The van der Waals surface area contributed by atoms with Crippen LogP contribution in [0.1, 0.15) is 30.9 Å². The molecule has 0 bridgehead atoms. The summed E-state index contributed by atoms with van der Waals surface area (Å²) >= 11 is 7.64. The van der Waals surface area contributed by atoms with Gasteiger partial charge in [0.05, 0.1) is 41.0 Å². The highest BCUT2D eigenvalue weighted by molar-refractivity contribution is 8.03. The van der Waals surface area contributed by atoms with Crippen molar-refractivity contribution in [3.8, 4) is 6.07 Å². The fourth-order valence-corrected chi connectivity index (χ4v) is 4.84. The lowest BCUT2D eigenvalue weighted by atomic mass is 9.82. The molecule has 3 rings (SSSR count). The van der Waals surface area contributed by atoms with Gasteiger partial charge in [-0.05, 0) is 36.6 Å². The van der Waals surface area contributed by atoms with Crippen molar-refractivity contribution in [2.24, 2.45) is 0 Å². The second-order valence-corrected chi connectivity index (χ2v) is 8.70. The minimum Gasteiger partial charge on any atom is -0.466 e. The molecule has 8 heteroatoms. The topological polar surface area (TPSA) is 91.2 Å². The van der Waals surface area contributed by atoms with E-state index in [-0.39, 0.29) is 11.7 Å². The number of hydrogen-bond donors (Lipinski definition) is 2. The van der Waals surface area contributed by atoms with Crippen LogP contribution in [0, 0.1) is 11.3 Å². The average Bonchev–Trinajstić information content (AvgIpc) is 2.82. The highest BCUT2D eigenvalue weighted by atomic mass is 35.5. The van der Waals surface area contributed by atoms with Gasteiger partial charge in [-0.3, -0.25) is 4.79 Å². The second-order valence-electron chi connectivity index (χ2n) is 7.31. The normalized spacial score (nSPS) is 15.5. The van der Waals surface area contributed by atoms with Gasteiger partial charge in [-0.2, -0.15) is 5.26 Å². The maximum Gasteiger partial charge on any atom is 0.336 e. The number of nitrogens with zero attached hydrogens (tertiary/aromatic N) is 1. The molecular formula is C25H24ClN3O3S. The number of ether oxygens (including phenoxy) is 1. The van der Waals surface area contributed by atoms with Crippen molar-refractivity contribution >= 4 is 40.9 Å². The first-order valence-corrected chi connectivity index (χ1v) is 11.7. The molecule has 1 aliphatic heterocycles. The fourth-order valence-electron chi connectivity index (χ4n) is 3.70. The number of rotatable bonds is 7. The Labute approximate surface area is 202 Å². The summed E-state index contributed by atoms with van der Waals surface area (Å²) in [6, 6.07) is 16.9. The van der Waals surface area contributed by atoms with Gasteiger partial charge < -0.3 is 15.4 Å². The number of amides is 1. The number of para-hydroxylation sites is 1. The van der Waals surface area contributed by atoms with Gasteiger partial charge in [-0.15, -0.1) is 0 Å². The quantitative estimate of drug-likeness (QED) is 0.532. The van der Waals surface area contributed by atoms with Gasteiger partial charge in [0.25, 0.3) is 0 Å². The van der Waals surface area contributed by atoms with Gasteiger partial charge in [0, 0.05) is 16.4 Å². The van der Waals surface area contributed by atoms with Crippen LogP contribution in [0.15, 0.2) is 70.4 Å². The molecule has 6 nitrogen and oxygen atoms in total. The SMILES string of the molecule is CCc1ccccc1NC(=O)CSC1=C(C#N)[C@H](c2ccccc2Cl)C(C(=O)OC)=C(C)N1. The van der Waals surface area contributed by atoms with Crippen LogP contribution < -0.4 is 10.6 Å². The van der Waals surface area contributed by atoms with E-state index in [1.807, 2.05) is 31.2 Å². The van der Waals surface area contributed by atoms with E-state index >= 15 is 0 Å². The van der Waals surface area contributed by atoms with E-state index in [0.717, 1.165) is 17.7 Å². The van der Waals surface area contributed by atoms with Gasteiger partial charge in [-0.1, -0.05) is 66.7 Å². The van der Waals surface area contributed by atoms with Crippen molar-refractivity contribution in [1.82, 2.24) is 5.32 Å². The van der Waals surface area contributed by atoms with Crippen molar-refractivity contribution in [3.05, 3.63) is 86.6 Å². The minimum absolute atomic E-state index is 0.0850. The number of nitrogens with one attached hydrogen (secondary N) is 2. The lowest BCUT2D eigenvalue weighted by Crippen LogP contribution is -2.29. The average molecular weight is 482 g/mol. The number of methoxy groups -OCH3 is 1. The molecule has 0 radical (unpaired) electrons. The Morgan fingerprint density at radius 1 is 1.21 bits per heavy atom. The fraction of sp³-hybridized carbons (Fsp3) is 0.240. The van der Waals surface area contributed by atoms with E-state index < -0.39 is 11.9 Å². The lowest BCUT2D eigenvalue weighted by molar-refractivity contribution is -0.136. The van der Waals surface area contributed by atoms with E-state index in [2.05, 4.69) is 16.7 Å². The molecule has 0 unspecified atom stereocenters. The van der Waals surface area contributed by atoms with E-state index in [1.165, 1.54) is 18.9 Å². The number of halogens is 1. The maximum absolute atomic E-state index is 12.7. The smallest absolute Gasteiger partial charge is 0.336 e. The molecule has 0 saturated carbocycles. The number of carbonyl (C=O) groups excluding carboxylic acids is 2. The van der Waals surface area contributed by atoms with Gasteiger partial charge in [-0.25, -0.2) is 4.79 Å². The Balaban J connectivity index is 1.91. The van der Waals surface area contributed by atoms with Crippen LogP contribution >= 0.6 is 23.4 Å². The molecule has 1 atom stereocenters. The third-order valence-corrected chi connectivity index (χ3v) is 6.65. The summed E-state index contributed by atoms with van der Waals surface area (Å²) in [5.41, 5.74) is 3.61. The van der Waals surface area contributed by atoms with Gasteiger partial charge in [0.15, 0.2) is 0 Å². The summed E-state index contributed by atoms with van der Waals surface area (Å²) < 4.78 is 4.98. The Bertz CT molecular complexity index is 1180. The molecule has 1 amide bonds. The highest BCUT2D eigenvalue weighted by Crippen LogP contribution is 2.43. The lowest BCUT2D eigenvalue weighted by Gasteiger charge is -2.29. The Morgan fingerprint density at radius 2 is 1.91 bits per heavy atom. The summed E-state index contributed by atoms with van der Waals surface area (Å²) in [6.07, 6.45) is 0.800. The maximum atomic E-state index is 12.7. The van der Waals surface area contributed by atoms with E-state index in [9.17, 15) is 14.9 Å². The van der Waals surface area contributed by atoms with Crippen LogP contribution in [-0.2, 0) is 20.7 Å². The Kier molecular flexibility index (Phi) is 8.21. The molecule has 1 heterocycles. The van der Waals surface area contributed by atoms with Crippen molar-refractivity contribution in [2.75, 3.05) is 18.2 Å². The highest BCUT2D eigenvalue weighted by Gasteiger charge is 2.36. The van der Waals surface area contributed by atoms with Crippen LogP contribution in [0.4, 0.5) is 5.69 Å². The van der Waals surface area contributed by atoms with E-state index in [1.54, 1.807) is 31.2 Å². The van der Waals surface area contributed by atoms with Crippen LogP contribution in [0.5, 0.6) is 0 Å². The molecule has 0 aromatic heterocycles. The Hall–Kier alpha value is -3.21. The van der Waals surface area contributed by atoms with Gasteiger partial charge in [0.2, 0.25) is 5.91 Å². The molecule has 0 spiro atoms. The number of hydrogen-bond acceptors (Lipinski definition) is 6. The van der Waals surface area contributed by atoms with Crippen molar-refractivity contribution in [3.63, 3.8) is 0 Å². The zero-order valence-electron chi connectivity index (χ0n) is 18.6. The third kappa shape index (κ3) is 5.41. The summed E-state index contributed by atoms with van der Waals surface area (Å²) in [6.45, 7) is 3.76. The standard InChI is InChI=1S/C25H24ClN3O3S/c1-4-16-9-5-8-12-20(16)29-21(30)14-33-24-18(13-27)23(17-10-6-7-11-19(17)26)22(15(2)28-24)25(31)32-3/h5-12,23,28H,4,14H2,1-3H3,(H,29,30)/t23-/m0/s1. The number of allylic oxidation sites excluding steroid dienone is 2. The number of aryl methyl sites for hydroxylation is 1. The molecule has 2 N–H and O–H groups in total. The first-order chi connectivity index (χ1) is 15.9. The van der Waals surface area contributed by atoms with Crippen molar-refractivity contribution in [2.45, 2.75) is 26.2 Å². The number of anilines is 1. The summed E-state index contributed by atoms with van der Waals surface area (Å²) in [5.74, 6) is -1.36. The summed E-state index contributed by atoms with van der Waals surface area (Å²) in [7, 11) is 1.30. The number of nitriles is 1.